The zero-order valence-corrected chi connectivity index (χ0v) is 11.9. The topological polar surface area (TPSA) is 0 Å². The van der Waals surface area contributed by atoms with Gasteiger partial charge in [0.25, 0.3) is 0 Å². The Morgan fingerprint density at radius 1 is 0.737 bits per heavy atom. The quantitative estimate of drug-likeness (QED) is 0.695. The first-order chi connectivity index (χ1) is 9.22. The van der Waals surface area contributed by atoms with Crippen molar-refractivity contribution in [3.63, 3.8) is 0 Å². The van der Waals surface area contributed by atoms with E-state index in [9.17, 15) is 0 Å². The van der Waals surface area contributed by atoms with Crippen molar-refractivity contribution in [3.05, 3.63) is 77.4 Å². The fourth-order valence-electron chi connectivity index (χ4n) is 2.22. The number of hydrogen-bond acceptors (Lipinski definition) is 0. The third kappa shape index (κ3) is 3.57. The van der Waals surface area contributed by atoms with Gasteiger partial charge in [0.2, 0.25) is 0 Å². The predicted molar refractivity (Wildman–Crippen MR) is 84.4 cm³/mol. The van der Waals surface area contributed by atoms with Gasteiger partial charge in [-0.3, -0.25) is 0 Å². The van der Waals surface area contributed by atoms with Crippen molar-refractivity contribution < 1.29 is 0 Å². The van der Waals surface area contributed by atoms with Crippen LogP contribution in [0.4, 0.5) is 0 Å². The third-order valence-corrected chi connectivity index (χ3v) is 3.62. The number of hydrogen-bond donors (Lipinski definition) is 0. The zero-order valence-electron chi connectivity index (χ0n) is 11.9. The second-order valence-corrected chi connectivity index (χ2v) is 5.00. The van der Waals surface area contributed by atoms with Crippen LogP contribution in [-0.4, -0.2) is 0 Å². The van der Waals surface area contributed by atoms with Crippen LogP contribution in [-0.2, 0) is 19.3 Å². The first-order valence-corrected chi connectivity index (χ1v) is 7.07. The summed E-state index contributed by atoms with van der Waals surface area (Å²) in [4.78, 5) is 0. The lowest BCUT2D eigenvalue weighted by atomic mass is 9.97. The van der Waals surface area contributed by atoms with Crippen molar-refractivity contribution in [1.82, 2.24) is 0 Å². The molecule has 0 heteroatoms. The second-order valence-electron chi connectivity index (χ2n) is 5.00. The largest absolute Gasteiger partial charge is 0.0949 e. The molecule has 0 amide bonds. The van der Waals surface area contributed by atoms with Crippen LogP contribution < -0.4 is 0 Å². The lowest BCUT2D eigenvalue weighted by molar-refractivity contribution is 1.13. The molecule has 2 aromatic carbocycles. The molecule has 0 aliphatic carbocycles. The molecule has 0 heterocycles. The Morgan fingerprint density at radius 2 is 1.16 bits per heavy atom. The van der Waals surface area contributed by atoms with Crippen LogP contribution in [0.25, 0.3) is 5.57 Å². The molecule has 0 spiro atoms. The van der Waals surface area contributed by atoms with Gasteiger partial charge in [0.05, 0.1) is 0 Å². The molecule has 19 heavy (non-hydrogen) atoms. The van der Waals surface area contributed by atoms with Crippen molar-refractivity contribution >= 4 is 5.57 Å². The van der Waals surface area contributed by atoms with Gasteiger partial charge in [-0.25, -0.2) is 0 Å². The zero-order chi connectivity index (χ0) is 13.7. The van der Waals surface area contributed by atoms with E-state index in [0.717, 1.165) is 19.3 Å². The minimum Gasteiger partial charge on any atom is -0.0949 e. The molecule has 0 bridgehead atoms. The van der Waals surface area contributed by atoms with Crippen LogP contribution in [0.3, 0.4) is 0 Å². The fraction of sp³-hybridized carbons (Fsp3) is 0.263. The molecule has 0 saturated carbocycles. The standard InChI is InChI=1S/C19H22/c1-4-16-6-8-18(9-7-16)14-15(3)19-12-10-17(5-2)11-13-19/h6-13H,3-5,14H2,1-2H3. The molecule has 2 rings (SSSR count). The monoisotopic (exact) mass is 250 g/mol. The minimum absolute atomic E-state index is 0.926. The van der Waals surface area contributed by atoms with Gasteiger partial charge in [-0.05, 0) is 47.1 Å². The van der Waals surface area contributed by atoms with E-state index in [-0.39, 0.29) is 0 Å². The summed E-state index contributed by atoms with van der Waals surface area (Å²) in [5.74, 6) is 0. The van der Waals surface area contributed by atoms with Crippen LogP contribution in [0.1, 0.15) is 36.1 Å². The van der Waals surface area contributed by atoms with Crippen molar-refractivity contribution in [2.75, 3.05) is 0 Å². The first-order valence-electron chi connectivity index (χ1n) is 7.07. The summed E-state index contributed by atoms with van der Waals surface area (Å²) < 4.78 is 0. The normalized spacial score (nSPS) is 10.4. The van der Waals surface area contributed by atoms with Crippen molar-refractivity contribution in [2.45, 2.75) is 33.1 Å². The molecule has 0 aromatic heterocycles. The summed E-state index contributed by atoms with van der Waals surface area (Å²) in [5, 5.41) is 0. The molecule has 0 aliphatic heterocycles. The SMILES string of the molecule is C=C(Cc1ccc(CC)cc1)c1ccc(CC)cc1. The van der Waals surface area contributed by atoms with E-state index >= 15 is 0 Å². The maximum atomic E-state index is 4.22. The van der Waals surface area contributed by atoms with Crippen molar-refractivity contribution in [1.29, 1.82) is 0 Å². The van der Waals surface area contributed by atoms with Crippen LogP contribution >= 0.6 is 0 Å². The molecule has 0 saturated heterocycles. The van der Waals surface area contributed by atoms with Crippen LogP contribution in [0.15, 0.2) is 55.1 Å². The number of benzene rings is 2. The number of rotatable bonds is 5. The van der Waals surface area contributed by atoms with Crippen LogP contribution in [0.5, 0.6) is 0 Å². The van der Waals surface area contributed by atoms with Crippen molar-refractivity contribution in [2.24, 2.45) is 0 Å². The van der Waals surface area contributed by atoms with Gasteiger partial charge in [-0.2, -0.15) is 0 Å². The Balaban J connectivity index is 2.06. The fourth-order valence-corrected chi connectivity index (χ4v) is 2.22. The lowest BCUT2D eigenvalue weighted by Gasteiger charge is -2.08. The molecule has 0 unspecified atom stereocenters. The molecule has 0 radical (unpaired) electrons. The first kappa shape index (κ1) is 13.6. The Labute approximate surface area is 116 Å². The summed E-state index contributed by atoms with van der Waals surface area (Å²) in [6, 6.07) is 17.6. The Bertz CT molecular complexity index is 529. The second kappa shape index (κ2) is 6.38. The summed E-state index contributed by atoms with van der Waals surface area (Å²) in [6.45, 7) is 8.58. The van der Waals surface area contributed by atoms with Gasteiger partial charge < -0.3 is 0 Å². The molecule has 2 aromatic rings. The molecule has 0 nitrogen and oxygen atoms in total. The van der Waals surface area contributed by atoms with Crippen LogP contribution in [0.2, 0.25) is 0 Å². The maximum Gasteiger partial charge on any atom is -0.00257 e. The highest BCUT2D eigenvalue weighted by Crippen LogP contribution is 2.19. The number of allylic oxidation sites excluding steroid dienone is 1. The summed E-state index contributed by atoms with van der Waals surface area (Å²) in [6.07, 6.45) is 3.11. The van der Waals surface area contributed by atoms with Crippen molar-refractivity contribution in [3.8, 4) is 0 Å². The van der Waals surface area contributed by atoms with E-state index in [1.54, 1.807) is 0 Å². The highest BCUT2D eigenvalue weighted by atomic mass is 14.1. The summed E-state index contributed by atoms with van der Waals surface area (Å²) in [5.41, 5.74) is 6.54. The van der Waals surface area contributed by atoms with Gasteiger partial charge in [0, 0.05) is 0 Å². The maximum absolute atomic E-state index is 4.22. The Kier molecular flexibility index (Phi) is 4.57. The van der Waals surface area contributed by atoms with Crippen LogP contribution in [0, 0.1) is 0 Å². The van der Waals surface area contributed by atoms with Gasteiger partial charge in [0.15, 0.2) is 0 Å². The molecule has 0 aliphatic rings. The van der Waals surface area contributed by atoms with E-state index in [4.69, 9.17) is 0 Å². The lowest BCUT2D eigenvalue weighted by Crippen LogP contribution is -1.91. The van der Waals surface area contributed by atoms with E-state index in [1.807, 2.05) is 0 Å². The van der Waals surface area contributed by atoms with Gasteiger partial charge in [-0.15, -0.1) is 0 Å². The molecular formula is C19H22. The van der Waals surface area contributed by atoms with Gasteiger partial charge >= 0.3 is 0 Å². The van der Waals surface area contributed by atoms with Gasteiger partial charge in [0.1, 0.15) is 0 Å². The highest BCUT2D eigenvalue weighted by molar-refractivity contribution is 5.65. The minimum atomic E-state index is 0.926. The molecule has 0 atom stereocenters. The summed E-state index contributed by atoms with van der Waals surface area (Å²) in [7, 11) is 0. The molecular weight excluding hydrogens is 228 g/mol. The van der Waals surface area contributed by atoms with E-state index in [1.165, 1.54) is 27.8 Å². The molecule has 98 valence electrons. The van der Waals surface area contributed by atoms with Gasteiger partial charge in [-0.1, -0.05) is 69.0 Å². The molecule has 0 N–H and O–H groups in total. The van der Waals surface area contributed by atoms with E-state index < -0.39 is 0 Å². The molecule has 0 fully saturated rings. The predicted octanol–water partition coefficient (Wildman–Crippen LogP) is 5.07. The number of aryl methyl sites for hydroxylation is 2. The highest BCUT2D eigenvalue weighted by Gasteiger charge is 2.01. The van der Waals surface area contributed by atoms with E-state index in [0.29, 0.717) is 0 Å². The Hall–Kier alpha value is -1.82. The average Bonchev–Trinajstić information content (AvgIpc) is 2.48. The smallest absolute Gasteiger partial charge is 0.00257 e. The van der Waals surface area contributed by atoms with E-state index in [2.05, 4.69) is 69.0 Å². The average molecular weight is 250 g/mol. The Morgan fingerprint density at radius 3 is 1.63 bits per heavy atom. The third-order valence-electron chi connectivity index (χ3n) is 3.62. The summed E-state index contributed by atoms with van der Waals surface area (Å²) >= 11 is 0.